The molecule has 2 aliphatic rings. The van der Waals surface area contributed by atoms with Crippen LogP contribution in [0.2, 0.25) is 4.82 Å². The standard InChI is InChI=1S/C7H9NSe/c1-2-4-7-6(3-1)8-5-9-7/h1-4,6-8H,5H2. The van der Waals surface area contributed by atoms with Crippen LogP contribution in [0.4, 0.5) is 0 Å². The summed E-state index contributed by atoms with van der Waals surface area (Å²) < 4.78 is 0. The van der Waals surface area contributed by atoms with E-state index in [1.165, 1.54) is 5.44 Å². The van der Waals surface area contributed by atoms with Gasteiger partial charge in [-0.3, -0.25) is 0 Å². The van der Waals surface area contributed by atoms with Crippen LogP contribution in [0, 0.1) is 0 Å². The van der Waals surface area contributed by atoms with E-state index in [4.69, 9.17) is 0 Å². The van der Waals surface area contributed by atoms with Gasteiger partial charge in [-0.05, 0) is 0 Å². The number of hydrogen-bond acceptors (Lipinski definition) is 1. The van der Waals surface area contributed by atoms with Crippen molar-refractivity contribution in [3.8, 4) is 0 Å². The van der Waals surface area contributed by atoms with E-state index in [1.54, 1.807) is 0 Å². The van der Waals surface area contributed by atoms with Crippen LogP contribution in [0.15, 0.2) is 24.3 Å². The fourth-order valence-corrected chi connectivity index (χ4v) is 3.43. The Kier molecular flexibility index (Phi) is 1.46. The number of hydrogen-bond donors (Lipinski definition) is 1. The van der Waals surface area contributed by atoms with Gasteiger partial charge in [0.05, 0.1) is 0 Å². The average Bonchev–Trinajstić information content (AvgIpc) is 2.33. The minimum atomic E-state index is 0.676. The van der Waals surface area contributed by atoms with Crippen molar-refractivity contribution in [2.24, 2.45) is 0 Å². The first kappa shape index (κ1) is 5.72. The zero-order valence-electron chi connectivity index (χ0n) is 5.08. The Morgan fingerprint density at radius 3 is 3.11 bits per heavy atom. The van der Waals surface area contributed by atoms with Gasteiger partial charge in [-0.1, -0.05) is 0 Å². The predicted octanol–water partition coefficient (Wildman–Crippen LogP) is 0.534. The summed E-state index contributed by atoms with van der Waals surface area (Å²) in [6.45, 7) is 0. The van der Waals surface area contributed by atoms with Crippen LogP contribution >= 0.6 is 0 Å². The molecule has 1 heterocycles. The molecule has 2 atom stereocenters. The van der Waals surface area contributed by atoms with Crippen LogP contribution in [0.3, 0.4) is 0 Å². The third kappa shape index (κ3) is 0.983. The molecule has 2 unspecified atom stereocenters. The molecule has 0 aromatic heterocycles. The van der Waals surface area contributed by atoms with Gasteiger partial charge >= 0.3 is 60.9 Å². The Balaban J connectivity index is 2.18. The molecule has 0 radical (unpaired) electrons. The van der Waals surface area contributed by atoms with E-state index < -0.39 is 0 Å². The molecule has 1 fully saturated rings. The maximum atomic E-state index is 3.45. The molecule has 0 aromatic rings. The van der Waals surface area contributed by atoms with Gasteiger partial charge in [0.1, 0.15) is 0 Å². The second kappa shape index (κ2) is 2.30. The zero-order valence-corrected chi connectivity index (χ0v) is 6.79. The average molecular weight is 186 g/mol. The fraction of sp³-hybridized carbons (Fsp3) is 0.429. The summed E-state index contributed by atoms with van der Waals surface area (Å²) in [4.78, 5) is 0.850. The fourth-order valence-electron chi connectivity index (χ4n) is 1.17. The van der Waals surface area contributed by atoms with Gasteiger partial charge in [0.2, 0.25) is 0 Å². The van der Waals surface area contributed by atoms with Gasteiger partial charge in [-0.15, -0.1) is 0 Å². The van der Waals surface area contributed by atoms with Gasteiger partial charge < -0.3 is 0 Å². The first-order chi connectivity index (χ1) is 4.47. The molecule has 0 amide bonds. The van der Waals surface area contributed by atoms with Gasteiger partial charge in [0, 0.05) is 0 Å². The molecule has 48 valence electrons. The first-order valence-electron chi connectivity index (χ1n) is 3.17. The van der Waals surface area contributed by atoms with E-state index in [1.807, 2.05) is 0 Å². The summed E-state index contributed by atoms with van der Waals surface area (Å²) in [6, 6.07) is 0.676. The van der Waals surface area contributed by atoms with Crippen molar-refractivity contribution in [2.45, 2.75) is 10.9 Å². The molecule has 0 aromatic carbocycles. The third-order valence-corrected chi connectivity index (χ3v) is 4.13. The topological polar surface area (TPSA) is 12.0 Å². The van der Waals surface area contributed by atoms with E-state index in [9.17, 15) is 0 Å². The second-order valence-electron chi connectivity index (χ2n) is 2.28. The summed E-state index contributed by atoms with van der Waals surface area (Å²) >= 11 is 0.811. The molecule has 1 N–H and O–H groups in total. The quantitative estimate of drug-likeness (QED) is 0.544. The first-order valence-corrected chi connectivity index (χ1v) is 5.37. The summed E-state index contributed by atoms with van der Waals surface area (Å²) in [6.07, 6.45) is 8.88. The van der Waals surface area contributed by atoms with Crippen molar-refractivity contribution in [3.05, 3.63) is 24.3 Å². The van der Waals surface area contributed by atoms with Gasteiger partial charge in [0.25, 0.3) is 0 Å². The van der Waals surface area contributed by atoms with Crippen molar-refractivity contribution in [3.63, 3.8) is 0 Å². The monoisotopic (exact) mass is 187 g/mol. The molecule has 2 rings (SSSR count). The molecule has 0 saturated carbocycles. The molecular weight excluding hydrogens is 177 g/mol. The van der Waals surface area contributed by atoms with Crippen molar-refractivity contribution >= 4 is 15.0 Å². The molecule has 1 nitrogen and oxygen atoms in total. The third-order valence-electron chi connectivity index (χ3n) is 1.68. The van der Waals surface area contributed by atoms with Crippen LogP contribution in [-0.2, 0) is 0 Å². The van der Waals surface area contributed by atoms with Gasteiger partial charge in [0.15, 0.2) is 0 Å². The van der Waals surface area contributed by atoms with Crippen molar-refractivity contribution in [2.75, 3.05) is 5.44 Å². The maximum absolute atomic E-state index is 3.45. The summed E-state index contributed by atoms with van der Waals surface area (Å²) in [5, 5.41) is 3.45. The Morgan fingerprint density at radius 2 is 2.22 bits per heavy atom. The molecule has 1 saturated heterocycles. The molecular formula is C7H9NSe. The van der Waals surface area contributed by atoms with Crippen LogP contribution in [0.5, 0.6) is 0 Å². The molecule has 2 heteroatoms. The van der Waals surface area contributed by atoms with E-state index in [0.29, 0.717) is 6.04 Å². The molecule has 1 aliphatic heterocycles. The van der Waals surface area contributed by atoms with E-state index in [-0.39, 0.29) is 0 Å². The normalized spacial score (nSPS) is 39.1. The molecule has 1 aliphatic carbocycles. The van der Waals surface area contributed by atoms with Gasteiger partial charge in [-0.25, -0.2) is 0 Å². The van der Waals surface area contributed by atoms with Crippen molar-refractivity contribution < 1.29 is 0 Å². The van der Waals surface area contributed by atoms with Crippen LogP contribution < -0.4 is 5.32 Å². The molecule has 0 spiro atoms. The summed E-state index contributed by atoms with van der Waals surface area (Å²) in [5.74, 6) is 0. The Bertz CT molecular complexity index is 144. The Labute approximate surface area is 61.4 Å². The van der Waals surface area contributed by atoms with E-state index in [0.717, 1.165) is 19.8 Å². The predicted molar refractivity (Wildman–Crippen MR) is 39.6 cm³/mol. The molecule has 0 bridgehead atoms. The van der Waals surface area contributed by atoms with Crippen LogP contribution in [0.1, 0.15) is 0 Å². The van der Waals surface area contributed by atoms with E-state index >= 15 is 0 Å². The SMILES string of the molecule is C1=CC2NC[Se]C2C=C1. The van der Waals surface area contributed by atoms with Crippen molar-refractivity contribution in [1.29, 1.82) is 0 Å². The number of allylic oxidation sites excluding steroid dienone is 2. The number of nitrogens with one attached hydrogen (secondary N) is 1. The van der Waals surface area contributed by atoms with Crippen LogP contribution in [-0.4, -0.2) is 26.4 Å². The number of rotatable bonds is 0. The minimum absolute atomic E-state index is 0.676. The van der Waals surface area contributed by atoms with Crippen molar-refractivity contribution in [1.82, 2.24) is 5.32 Å². The molecule has 9 heavy (non-hydrogen) atoms. The second-order valence-corrected chi connectivity index (χ2v) is 4.72. The zero-order chi connectivity index (χ0) is 6.10. The number of fused-ring (bicyclic) bond motifs is 1. The van der Waals surface area contributed by atoms with Crippen LogP contribution in [0.25, 0.3) is 0 Å². The van der Waals surface area contributed by atoms with E-state index in [2.05, 4.69) is 29.6 Å². The Morgan fingerprint density at radius 1 is 1.33 bits per heavy atom. The Hall–Kier alpha value is -0.0405. The summed E-state index contributed by atoms with van der Waals surface area (Å²) in [7, 11) is 0. The summed E-state index contributed by atoms with van der Waals surface area (Å²) in [5.41, 5.74) is 1.25. The van der Waals surface area contributed by atoms with Gasteiger partial charge in [-0.2, -0.15) is 0 Å².